The van der Waals surface area contributed by atoms with Crippen molar-refractivity contribution in [3.63, 3.8) is 0 Å². The monoisotopic (exact) mass is 281 g/mol. The number of nitrogens with zero attached hydrogens (tertiary/aromatic N) is 2. The maximum atomic E-state index is 12.8. The van der Waals surface area contributed by atoms with Gasteiger partial charge in [0.1, 0.15) is 0 Å². The van der Waals surface area contributed by atoms with Gasteiger partial charge in [0.25, 0.3) is 0 Å². The van der Waals surface area contributed by atoms with Crippen LogP contribution in [0.5, 0.6) is 0 Å². The number of hydrogen-bond donors (Lipinski definition) is 1. The van der Waals surface area contributed by atoms with Crippen molar-refractivity contribution < 1.29 is 4.79 Å². The minimum absolute atomic E-state index is 0.297. The number of likely N-dealkylation sites (tertiary alicyclic amines) is 1. The molecule has 0 spiro atoms. The lowest BCUT2D eigenvalue weighted by molar-refractivity contribution is -0.140. The summed E-state index contributed by atoms with van der Waals surface area (Å²) in [5, 5.41) is 3.44. The Hall–Kier alpha value is -0.610. The van der Waals surface area contributed by atoms with Crippen molar-refractivity contribution in [1.82, 2.24) is 15.1 Å². The summed E-state index contributed by atoms with van der Waals surface area (Å²) in [7, 11) is 2.00. The molecule has 2 fully saturated rings. The van der Waals surface area contributed by atoms with Crippen LogP contribution >= 0.6 is 0 Å². The highest BCUT2D eigenvalue weighted by atomic mass is 16.2. The van der Waals surface area contributed by atoms with Crippen molar-refractivity contribution in [2.45, 2.75) is 64.0 Å². The van der Waals surface area contributed by atoms with Crippen molar-refractivity contribution in [2.75, 3.05) is 33.2 Å². The second-order valence-electron chi connectivity index (χ2n) is 6.70. The van der Waals surface area contributed by atoms with E-state index in [-0.39, 0.29) is 5.54 Å². The number of nitrogens with one attached hydrogen (secondary N) is 1. The Morgan fingerprint density at radius 2 is 2.05 bits per heavy atom. The van der Waals surface area contributed by atoms with Crippen LogP contribution in [0.2, 0.25) is 0 Å². The van der Waals surface area contributed by atoms with Gasteiger partial charge in [-0.25, -0.2) is 0 Å². The molecule has 1 N–H and O–H groups in total. The summed E-state index contributed by atoms with van der Waals surface area (Å²) in [6.07, 6.45) is 6.81. The van der Waals surface area contributed by atoms with Gasteiger partial charge in [-0.1, -0.05) is 6.92 Å². The smallest absolute Gasteiger partial charge is 0.242 e. The van der Waals surface area contributed by atoms with E-state index in [0.29, 0.717) is 11.9 Å². The standard InChI is InChI=1S/C16H31N3O/c1-4-11-19-12-7-14(8-13-19)18(3)15(20)16(2)9-5-6-10-17-16/h14,17H,4-13H2,1-3H3. The first kappa shape index (κ1) is 15.8. The van der Waals surface area contributed by atoms with E-state index in [4.69, 9.17) is 0 Å². The Bertz CT molecular complexity index is 318. The first-order valence-electron chi connectivity index (χ1n) is 8.31. The molecule has 0 saturated carbocycles. The van der Waals surface area contributed by atoms with Gasteiger partial charge in [-0.3, -0.25) is 4.79 Å². The molecule has 0 bridgehead atoms. The minimum Gasteiger partial charge on any atom is -0.341 e. The molecule has 0 aliphatic carbocycles. The third kappa shape index (κ3) is 3.53. The fraction of sp³-hybridized carbons (Fsp3) is 0.938. The van der Waals surface area contributed by atoms with Crippen LogP contribution in [0.15, 0.2) is 0 Å². The lowest BCUT2D eigenvalue weighted by Gasteiger charge is -2.42. The van der Waals surface area contributed by atoms with Crippen LogP contribution in [0.3, 0.4) is 0 Å². The predicted molar refractivity (Wildman–Crippen MR) is 82.8 cm³/mol. The first-order valence-corrected chi connectivity index (χ1v) is 8.31. The van der Waals surface area contributed by atoms with Crippen molar-refractivity contribution >= 4 is 5.91 Å². The van der Waals surface area contributed by atoms with Gasteiger partial charge in [0.2, 0.25) is 5.91 Å². The zero-order valence-corrected chi connectivity index (χ0v) is 13.5. The highest BCUT2D eigenvalue weighted by Gasteiger charge is 2.38. The summed E-state index contributed by atoms with van der Waals surface area (Å²) < 4.78 is 0. The molecule has 0 aromatic heterocycles. The van der Waals surface area contributed by atoms with Crippen molar-refractivity contribution in [3.8, 4) is 0 Å². The van der Waals surface area contributed by atoms with Gasteiger partial charge < -0.3 is 15.1 Å². The molecule has 2 heterocycles. The van der Waals surface area contributed by atoms with Crippen molar-refractivity contribution in [2.24, 2.45) is 0 Å². The average Bonchev–Trinajstić information content (AvgIpc) is 2.48. The summed E-state index contributed by atoms with van der Waals surface area (Å²) >= 11 is 0. The van der Waals surface area contributed by atoms with Gasteiger partial charge in [0.05, 0.1) is 5.54 Å². The highest BCUT2D eigenvalue weighted by molar-refractivity contribution is 5.86. The molecule has 2 rings (SSSR count). The van der Waals surface area contributed by atoms with Gasteiger partial charge >= 0.3 is 0 Å². The van der Waals surface area contributed by atoms with Crippen LogP contribution in [0, 0.1) is 0 Å². The van der Waals surface area contributed by atoms with Crippen molar-refractivity contribution in [1.29, 1.82) is 0 Å². The minimum atomic E-state index is -0.326. The van der Waals surface area contributed by atoms with E-state index in [1.54, 1.807) is 0 Å². The molecule has 0 aromatic carbocycles. The highest BCUT2D eigenvalue weighted by Crippen LogP contribution is 2.24. The fourth-order valence-electron chi connectivity index (χ4n) is 3.64. The second-order valence-corrected chi connectivity index (χ2v) is 6.70. The Labute approximate surface area is 123 Å². The van der Waals surface area contributed by atoms with Crippen LogP contribution in [0.4, 0.5) is 0 Å². The second kappa shape index (κ2) is 6.90. The zero-order valence-electron chi connectivity index (χ0n) is 13.5. The topological polar surface area (TPSA) is 35.6 Å². The Morgan fingerprint density at radius 3 is 2.60 bits per heavy atom. The number of amides is 1. The van der Waals surface area contributed by atoms with Gasteiger partial charge in [-0.2, -0.15) is 0 Å². The fourth-order valence-corrected chi connectivity index (χ4v) is 3.64. The molecule has 2 aliphatic rings. The maximum Gasteiger partial charge on any atom is 0.242 e. The van der Waals surface area contributed by atoms with Crippen LogP contribution in [0.1, 0.15) is 52.4 Å². The molecule has 2 saturated heterocycles. The van der Waals surface area contributed by atoms with E-state index in [1.807, 2.05) is 11.9 Å². The largest absolute Gasteiger partial charge is 0.341 e. The molecule has 0 aromatic rings. The Kier molecular flexibility index (Phi) is 5.44. The zero-order chi connectivity index (χ0) is 14.6. The van der Waals surface area contributed by atoms with E-state index in [0.717, 1.165) is 45.3 Å². The van der Waals surface area contributed by atoms with Crippen LogP contribution in [-0.2, 0) is 4.79 Å². The molecule has 1 amide bonds. The lowest BCUT2D eigenvalue weighted by Crippen LogP contribution is -2.59. The van der Waals surface area contributed by atoms with E-state index < -0.39 is 0 Å². The number of hydrogen-bond acceptors (Lipinski definition) is 3. The van der Waals surface area contributed by atoms with Gasteiger partial charge in [0.15, 0.2) is 0 Å². The Balaban J connectivity index is 1.88. The van der Waals surface area contributed by atoms with Crippen LogP contribution in [0.25, 0.3) is 0 Å². The molecule has 4 nitrogen and oxygen atoms in total. The van der Waals surface area contributed by atoms with E-state index in [2.05, 4.69) is 24.1 Å². The number of rotatable bonds is 4. The summed E-state index contributed by atoms with van der Waals surface area (Å²) in [6, 6.07) is 0.427. The lowest BCUT2D eigenvalue weighted by atomic mass is 9.88. The van der Waals surface area contributed by atoms with Gasteiger partial charge in [-0.15, -0.1) is 0 Å². The molecule has 116 valence electrons. The molecule has 1 atom stereocenters. The van der Waals surface area contributed by atoms with Crippen molar-refractivity contribution in [3.05, 3.63) is 0 Å². The quantitative estimate of drug-likeness (QED) is 0.854. The maximum absolute atomic E-state index is 12.8. The first-order chi connectivity index (χ1) is 9.57. The molecule has 4 heteroatoms. The van der Waals surface area contributed by atoms with Crippen LogP contribution in [-0.4, -0.2) is 60.5 Å². The Morgan fingerprint density at radius 1 is 1.35 bits per heavy atom. The van der Waals surface area contributed by atoms with Crippen LogP contribution < -0.4 is 5.32 Å². The number of likely N-dealkylation sites (N-methyl/N-ethyl adjacent to an activating group) is 1. The molecule has 0 radical (unpaired) electrons. The average molecular weight is 281 g/mol. The summed E-state index contributed by atoms with van der Waals surface area (Å²) in [5.74, 6) is 0.297. The predicted octanol–water partition coefficient (Wildman–Crippen LogP) is 1.85. The molecule has 2 aliphatic heterocycles. The van der Waals surface area contributed by atoms with E-state index in [9.17, 15) is 4.79 Å². The van der Waals surface area contributed by atoms with E-state index >= 15 is 0 Å². The van der Waals surface area contributed by atoms with Gasteiger partial charge in [-0.05, 0) is 58.5 Å². The number of piperidine rings is 2. The molecular weight excluding hydrogens is 250 g/mol. The molecule has 1 unspecified atom stereocenters. The summed E-state index contributed by atoms with van der Waals surface area (Å²) in [5.41, 5.74) is -0.326. The molecule has 20 heavy (non-hydrogen) atoms. The SMILES string of the molecule is CCCN1CCC(N(C)C(=O)C2(C)CCCCN2)CC1. The summed E-state index contributed by atoms with van der Waals surface area (Å²) in [6.45, 7) is 8.77. The van der Waals surface area contributed by atoms with E-state index in [1.165, 1.54) is 19.4 Å². The third-order valence-electron chi connectivity index (χ3n) is 5.06. The normalized spacial score (nSPS) is 29.4. The number of carbonyl (C=O) groups is 1. The number of carbonyl (C=O) groups excluding carboxylic acids is 1. The third-order valence-corrected chi connectivity index (χ3v) is 5.06. The van der Waals surface area contributed by atoms with Gasteiger partial charge in [0, 0.05) is 26.2 Å². The molecular formula is C16H31N3O. The summed E-state index contributed by atoms with van der Waals surface area (Å²) in [4.78, 5) is 17.3.